The summed E-state index contributed by atoms with van der Waals surface area (Å²) in [6.45, 7) is 3.75. The molecular formula is C23H26BrN2O4+. The van der Waals surface area contributed by atoms with Gasteiger partial charge in [0.15, 0.2) is 0 Å². The summed E-state index contributed by atoms with van der Waals surface area (Å²) < 4.78 is 6.37. The number of likely N-dealkylation sites (tertiary alicyclic amines) is 1. The number of piperidine rings is 1. The van der Waals surface area contributed by atoms with E-state index in [0.717, 1.165) is 54.9 Å². The number of quaternary nitrogens is 1. The number of hydrogen-bond acceptors (Lipinski definition) is 3. The third kappa shape index (κ3) is 4.23. The normalized spacial score (nSPS) is 23.7. The number of carbonyl (C=O) groups is 2. The van der Waals surface area contributed by atoms with Crippen molar-refractivity contribution in [2.45, 2.75) is 25.8 Å². The van der Waals surface area contributed by atoms with E-state index in [9.17, 15) is 9.59 Å². The van der Waals surface area contributed by atoms with E-state index in [-0.39, 0.29) is 16.9 Å². The van der Waals surface area contributed by atoms with Crippen LogP contribution in [0.4, 0.5) is 5.69 Å². The third-order valence-electron chi connectivity index (χ3n) is 6.43. The van der Waals surface area contributed by atoms with Crippen LogP contribution in [-0.4, -0.2) is 43.7 Å². The minimum atomic E-state index is -0.954. The molecule has 4 rings (SSSR count). The van der Waals surface area contributed by atoms with Crippen molar-refractivity contribution in [3.8, 4) is 5.75 Å². The minimum absolute atomic E-state index is 0.0312. The fourth-order valence-electron chi connectivity index (χ4n) is 4.66. The zero-order valence-corrected chi connectivity index (χ0v) is 18.6. The molecule has 2 saturated heterocycles. The number of nitrogens with zero attached hydrogens (tertiary/aromatic N) is 1. The molecule has 1 spiro atoms. The Bertz CT molecular complexity index is 952. The molecule has 2 N–H and O–H groups in total. The first-order chi connectivity index (χ1) is 14.4. The molecule has 0 aliphatic carbocycles. The summed E-state index contributed by atoms with van der Waals surface area (Å²) in [6, 6.07) is 12.9. The minimum Gasteiger partial charge on any atom is -0.496 e. The molecule has 0 saturated carbocycles. The van der Waals surface area contributed by atoms with Gasteiger partial charge in [0.1, 0.15) is 12.3 Å². The van der Waals surface area contributed by atoms with Crippen LogP contribution >= 0.6 is 15.9 Å². The molecule has 158 valence electrons. The van der Waals surface area contributed by atoms with Crippen LogP contribution in [0, 0.1) is 5.41 Å². The average molecular weight is 474 g/mol. The molecule has 0 atom stereocenters. The number of carboxylic acids is 1. The number of anilines is 1. The lowest BCUT2D eigenvalue weighted by Gasteiger charge is -2.36. The zero-order valence-electron chi connectivity index (χ0n) is 17.0. The zero-order chi connectivity index (χ0) is 21.3. The van der Waals surface area contributed by atoms with Crippen molar-refractivity contribution in [1.29, 1.82) is 0 Å². The van der Waals surface area contributed by atoms with Crippen LogP contribution in [0.5, 0.6) is 5.75 Å². The Morgan fingerprint density at radius 3 is 2.53 bits per heavy atom. The molecule has 7 heteroatoms. The highest BCUT2D eigenvalue weighted by Gasteiger charge is 2.46. The number of halogens is 1. The van der Waals surface area contributed by atoms with Crippen molar-refractivity contribution in [2.75, 3.05) is 31.6 Å². The van der Waals surface area contributed by atoms with Gasteiger partial charge in [0, 0.05) is 42.5 Å². The van der Waals surface area contributed by atoms with E-state index < -0.39 is 5.97 Å². The van der Waals surface area contributed by atoms with Crippen LogP contribution in [0.1, 0.15) is 35.2 Å². The highest BCUT2D eigenvalue weighted by molar-refractivity contribution is 9.10. The van der Waals surface area contributed by atoms with Crippen LogP contribution in [0.3, 0.4) is 0 Å². The number of benzene rings is 2. The lowest BCUT2D eigenvalue weighted by atomic mass is 9.77. The Morgan fingerprint density at radius 1 is 1.20 bits per heavy atom. The van der Waals surface area contributed by atoms with Gasteiger partial charge in [-0.15, -0.1) is 0 Å². The number of hydrogen-bond donors (Lipinski definition) is 2. The molecule has 2 aliphatic rings. The van der Waals surface area contributed by atoms with Crippen LogP contribution < -0.4 is 14.5 Å². The SMILES string of the molecule is COc1cc(C[NH+]2CCC3(CC2)CC(=O)N(c2ccc(C(=O)O)cc2)C3)ccc1Br. The van der Waals surface area contributed by atoms with E-state index >= 15 is 0 Å². The number of ether oxygens (including phenoxy) is 1. The van der Waals surface area contributed by atoms with Crippen molar-refractivity contribution >= 4 is 33.5 Å². The number of aromatic carboxylic acids is 1. The van der Waals surface area contributed by atoms with E-state index in [0.29, 0.717) is 6.42 Å². The fraction of sp³-hybridized carbons (Fsp3) is 0.391. The van der Waals surface area contributed by atoms with Gasteiger partial charge in [-0.25, -0.2) is 4.79 Å². The predicted molar refractivity (Wildman–Crippen MR) is 117 cm³/mol. The lowest BCUT2D eigenvalue weighted by molar-refractivity contribution is -0.921. The van der Waals surface area contributed by atoms with Crippen LogP contribution in [0.25, 0.3) is 0 Å². The summed E-state index contributed by atoms with van der Waals surface area (Å²) >= 11 is 3.50. The first-order valence-electron chi connectivity index (χ1n) is 10.2. The summed E-state index contributed by atoms with van der Waals surface area (Å²) in [7, 11) is 1.68. The molecule has 0 unspecified atom stereocenters. The second kappa shape index (κ2) is 8.40. The molecule has 1 amide bonds. The molecule has 2 aliphatic heterocycles. The topological polar surface area (TPSA) is 71.3 Å². The number of amides is 1. The highest BCUT2D eigenvalue weighted by atomic mass is 79.9. The second-order valence-corrected chi connectivity index (χ2v) is 9.26. The summed E-state index contributed by atoms with van der Waals surface area (Å²) in [5.74, 6) is 0.0370. The van der Waals surface area contributed by atoms with Gasteiger partial charge in [0.25, 0.3) is 0 Å². The van der Waals surface area contributed by atoms with Gasteiger partial charge in [-0.3, -0.25) is 4.79 Å². The standard InChI is InChI=1S/C23H25BrN2O4/c1-30-20-12-16(2-7-19(20)24)14-25-10-8-23(9-11-25)13-21(27)26(15-23)18-5-3-17(4-6-18)22(28)29/h2-7,12H,8-11,13-15H2,1H3,(H,28,29)/p+1. The maximum atomic E-state index is 12.7. The van der Waals surface area contributed by atoms with E-state index in [1.54, 1.807) is 31.4 Å². The van der Waals surface area contributed by atoms with Crippen molar-refractivity contribution in [2.24, 2.45) is 5.41 Å². The summed E-state index contributed by atoms with van der Waals surface area (Å²) in [4.78, 5) is 27.1. The van der Waals surface area contributed by atoms with Gasteiger partial charge in [0.05, 0.1) is 30.2 Å². The second-order valence-electron chi connectivity index (χ2n) is 8.40. The van der Waals surface area contributed by atoms with E-state index in [2.05, 4.69) is 28.1 Å². The molecule has 30 heavy (non-hydrogen) atoms. The number of carbonyl (C=O) groups excluding carboxylic acids is 1. The Morgan fingerprint density at radius 2 is 1.90 bits per heavy atom. The Hall–Kier alpha value is -2.38. The molecule has 2 aromatic carbocycles. The number of rotatable bonds is 5. The first kappa shape index (κ1) is 20.9. The van der Waals surface area contributed by atoms with Crippen molar-refractivity contribution in [3.05, 3.63) is 58.1 Å². The maximum absolute atomic E-state index is 12.7. The van der Waals surface area contributed by atoms with Crippen molar-refractivity contribution in [1.82, 2.24) is 0 Å². The van der Waals surface area contributed by atoms with Crippen molar-refractivity contribution < 1.29 is 24.3 Å². The molecule has 2 fully saturated rings. The summed E-state index contributed by atoms with van der Waals surface area (Å²) in [6.07, 6.45) is 2.62. The Labute approximate surface area is 184 Å². The van der Waals surface area contributed by atoms with Gasteiger partial charge in [-0.1, -0.05) is 6.07 Å². The fourth-order valence-corrected chi connectivity index (χ4v) is 5.07. The summed E-state index contributed by atoms with van der Waals surface area (Å²) in [5, 5.41) is 9.07. The number of methoxy groups -OCH3 is 1. The number of nitrogens with one attached hydrogen (secondary N) is 1. The molecule has 2 aromatic rings. The third-order valence-corrected chi connectivity index (χ3v) is 7.09. The quantitative estimate of drug-likeness (QED) is 0.700. The Balaban J connectivity index is 1.38. The van der Waals surface area contributed by atoms with Gasteiger partial charge < -0.3 is 19.6 Å². The van der Waals surface area contributed by atoms with E-state index in [1.807, 2.05) is 11.0 Å². The van der Waals surface area contributed by atoms with Crippen LogP contribution in [-0.2, 0) is 11.3 Å². The van der Waals surface area contributed by atoms with Gasteiger partial charge >= 0.3 is 5.97 Å². The van der Waals surface area contributed by atoms with Gasteiger partial charge in [-0.05, 0) is 52.3 Å². The van der Waals surface area contributed by atoms with Crippen LogP contribution in [0.15, 0.2) is 46.9 Å². The maximum Gasteiger partial charge on any atom is 0.335 e. The molecular weight excluding hydrogens is 448 g/mol. The first-order valence-corrected chi connectivity index (χ1v) is 11.0. The van der Waals surface area contributed by atoms with Crippen LogP contribution in [0.2, 0.25) is 0 Å². The number of carboxylic acid groups (broad SMARTS) is 1. The van der Waals surface area contributed by atoms with Crippen molar-refractivity contribution in [3.63, 3.8) is 0 Å². The predicted octanol–water partition coefficient (Wildman–Crippen LogP) is 2.76. The molecule has 0 aromatic heterocycles. The smallest absolute Gasteiger partial charge is 0.335 e. The van der Waals surface area contributed by atoms with Gasteiger partial charge in [-0.2, -0.15) is 0 Å². The van der Waals surface area contributed by atoms with E-state index in [4.69, 9.17) is 9.84 Å². The highest BCUT2D eigenvalue weighted by Crippen LogP contribution is 2.40. The summed E-state index contributed by atoms with van der Waals surface area (Å²) in [5.41, 5.74) is 2.31. The average Bonchev–Trinajstić information content (AvgIpc) is 3.07. The molecule has 2 heterocycles. The largest absolute Gasteiger partial charge is 0.496 e. The molecule has 6 nitrogen and oxygen atoms in total. The molecule has 0 radical (unpaired) electrons. The van der Waals surface area contributed by atoms with Gasteiger partial charge in [0.2, 0.25) is 5.91 Å². The van der Waals surface area contributed by atoms with E-state index in [1.165, 1.54) is 10.5 Å². The molecule has 0 bridgehead atoms. The monoisotopic (exact) mass is 473 g/mol. The Kier molecular flexibility index (Phi) is 5.84. The lowest BCUT2D eigenvalue weighted by Crippen LogP contribution is -3.12.